The number of hydrogen-bond donors (Lipinski definition) is 1. The van der Waals surface area contributed by atoms with Crippen molar-refractivity contribution in [3.8, 4) is 6.07 Å². The number of nitrogens with one attached hydrogen (secondary N) is 1. The monoisotopic (exact) mass is 256 g/mol. The molecule has 1 saturated carbocycles. The predicted octanol–water partition coefficient (Wildman–Crippen LogP) is 3.98. The minimum absolute atomic E-state index is 0.198. The Labute approximate surface area is 116 Å². The molecule has 1 N–H and O–H groups in total. The lowest BCUT2D eigenvalue weighted by molar-refractivity contribution is 0.311. The standard InChI is InChI=1S/C17H24N2/c1-13(2)15-9-7-14(8-10-15)12-19-17-6-4-3-5-16(17)11-18/h7-10,13,16-17,19H,3-6,12H2,1-2H3. The number of nitriles is 1. The maximum absolute atomic E-state index is 9.17. The molecule has 19 heavy (non-hydrogen) atoms. The summed E-state index contributed by atoms with van der Waals surface area (Å²) in [6.45, 7) is 5.31. The van der Waals surface area contributed by atoms with E-state index in [1.54, 1.807) is 0 Å². The molecule has 0 saturated heterocycles. The lowest BCUT2D eigenvalue weighted by Crippen LogP contribution is -2.37. The summed E-state index contributed by atoms with van der Waals surface area (Å²) >= 11 is 0. The van der Waals surface area contributed by atoms with Crippen molar-refractivity contribution in [2.24, 2.45) is 5.92 Å². The van der Waals surface area contributed by atoms with E-state index in [1.165, 1.54) is 24.0 Å². The van der Waals surface area contributed by atoms with Crippen LogP contribution in [-0.2, 0) is 6.54 Å². The highest BCUT2D eigenvalue weighted by Crippen LogP contribution is 2.24. The van der Waals surface area contributed by atoms with E-state index < -0.39 is 0 Å². The van der Waals surface area contributed by atoms with Gasteiger partial charge in [-0.25, -0.2) is 0 Å². The Morgan fingerprint density at radius 2 is 1.89 bits per heavy atom. The summed E-state index contributed by atoms with van der Waals surface area (Å²) in [4.78, 5) is 0. The summed E-state index contributed by atoms with van der Waals surface area (Å²) in [7, 11) is 0. The Hall–Kier alpha value is -1.33. The molecule has 2 unspecified atom stereocenters. The summed E-state index contributed by atoms with van der Waals surface area (Å²) in [5, 5.41) is 12.7. The smallest absolute Gasteiger partial charge is 0.0672 e. The Balaban J connectivity index is 1.89. The van der Waals surface area contributed by atoms with Crippen molar-refractivity contribution in [2.75, 3.05) is 0 Å². The van der Waals surface area contributed by atoms with E-state index in [0.717, 1.165) is 19.4 Å². The topological polar surface area (TPSA) is 35.8 Å². The molecule has 2 heteroatoms. The van der Waals surface area contributed by atoms with Gasteiger partial charge >= 0.3 is 0 Å². The fourth-order valence-corrected chi connectivity index (χ4v) is 2.80. The van der Waals surface area contributed by atoms with E-state index >= 15 is 0 Å². The Morgan fingerprint density at radius 1 is 1.21 bits per heavy atom. The van der Waals surface area contributed by atoms with E-state index in [-0.39, 0.29) is 5.92 Å². The first-order valence-electron chi connectivity index (χ1n) is 7.42. The van der Waals surface area contributed by atoms with E-state index in [1.807, 2.05) is 0 Å². The molecule has 0 amide bonds. The van der Waals surface area contributed by atoms with Gasteiger partial charge in [0.1, 0.15) is 0 Å². The van der Waals surface area contributed by atoms with Gasteiger partial charge in [-0.2, -0.15) is 5.26 Å². The zero-order valence-corrected chi connectivity index (χ0v) is 12.0. The average Bonchev–Trinajstić information content (AvgIpc) is 2.45. The van der Waals surface area contributed by atoms with Crippen molar-refractivity contribution in [3.05, 3.63) is 35.4 Å². The van der Waals surface area contributed by atoms with Gasteiger partial charge in [0, 0.05) is 12.6 Å². The van der Waals surface area contributed by atoms with Crippen molar-refractivity contribution in [3.63, 3.8) is 0 Å². The highest BCUT2D eigenvalue weighted by atomic mass is 14.9. The maximum atomic E-state index is 9.17. The highest BCUT2D eigenvalue weighted by molar-refractivity contribution is 5.24. The molecular formula is C17H24N2. The molecule has 1 fully saturated rings. The molecule has 102 valence electrons. The van der Waals surface area contributed by atoms with Gasteiger partial charge in [-0.1, -0.05) is 51.0 Å². The molecule has 0 heterocycles. The first kappa shape index (κ1) is 14.1. The van der Waals surface area contributed by atoms with Crippen LogP contribution in [0.5, 0.6) is 0 Å². The van der Waals surface area contributed by atoms with Crippen LogP contribution >= 0.6 is 0 Å². The third-order valence-electron chi connectivity index (χ3n) is 4.15. The molecule has 0 aromatic heterocycles. The number of hydrogen-bond acceptors (Lipinski definition) is 2. The molecule has 0 aliphatic heterocycles. The molecule has 0 radical (unpaired) electrons. The van der Waals surface area contributed by atoms with Crippen molar-refractivity contribution >= 4 is 0 Å². The Kier molecular flexibility index (Phi) is 4.99. The SMILES string of the molecule is CC(C)c1ccc(CNC2CCCCC2C#N)cc1. The van der Waals surface area contributed by atoms with Crippen LogP contribution in [0, 0.1) is 17.2 Å². The lowest BCUT2D eigenvalue weighted by Gasteiger charge is -2.27. The van der Waals surface area contributed by atoms with Crippen molar-refractivity contribution < 1.29 is 0 Å². The minimum atomic E-state index is 0.198. The minimum Gasteiger partial charge on any atom is -0.309 e. The Bertz CT molecular complexity index is 428. The van der Waals surface area contributed by atoms with Crippen molar-refractivity contribution in [1.29, 1.82) is 5.26 Å². The van der Waals surface area contributed by atoms with Crippen LogP contribution < -0.4 is 5.32 Å². The number of benzene rings is 1. The van der Waals surface area contributed by atoms with Crippen molar-refractivity contribution in [2.45, 2.75) is 58.0 Å². The van der Waals surface area contributed by atoms with E-state index in [0.29, 0.717) is 12.0 Å². The summed E-state index contributed by atoms with van der Waals surface area (Å²) < 4.78 is 0. The van der Waals surface area contributed by atoms with Gasteiger partial charge in [0.25, 0.3) is 0 Å². The summed E-state index contributed by atoms with van der Waals surface area (Å²) in [5.41, 5.74) is 2.70. The second kappa shape index (κ2) is 6.73. The fourth-order valence-electron chi connectivity index (χ4n) is 2.80. The summed E-state index contributed by atoms with van der Waals surface area (Å²) in [6.07, 6.45) is 4.66. The molecular weight excluding hydrogens is 232 g/mol. The normalized spacial score (nSPS) is 23.3. The summed E-state index contributed by atoms with van der Waals surface area (Å²) in [5.74, 6) is 0.784. The van der Waals surface area contributed by atoms with E-state index in [2.05, 4.69) is 49.5 Å². The average molecular weight is 256 g/mol. The lowest BCUT2D eigenvalue weighted by atomic mass is 9.85. The molecule has 1 aromatic rings. The molecule has 1 aliphatic carbocycles. The first-order valence-corrected chi connectivity index (χ1v) is 7.42. The van der Waals surface area contributed by atoms with Crippen LogP contribution in [0.15, 0.2) is 24.3 Å². The van der Waals surface area contributed by atoms with Crippen LogP contribution in [0.1, 0.15) is 56.6 Å². The quantitative estimate of drug-likeness (QED) is 0.884. The second-order valence-corrected chi connectivity index (χ2v) is 5.90. The molecule has 0 spiro atoms. The molecule has 1 aromatic carbocycles. The van der Waals surface area contributed by atoms with Gasteiger partial charge in [0.15, 0.2) is 0 Å². The van der Waals surface area contributed by atoms with Gasteiger partial charge in [-0.05, 0) is 29.9 Å². The Morgan fingerprint density at radius 3 is 2.53 bits per heavy atom. The van der Waals surface area contributed by atoms with E-state index in [9.17, 15) is 0 Å². The van der Waals surface area contributed by atoms with Crippen LogP contribution in [0.2, 0.25) is 0 Å². The first-order chi connectivity index (χ1) is 9.20. The number of rotatable bonds is 4. The van der Waals surface area contributed by atoms with E-state index in [4.69, 9.17) is 5.26 Å². The largest absolute Gasteiger partial charge is 0.309 e. The molecule has 2 nitrogen and oxygen atoms in total. The van der Waals surface area contributed by atoms with Crippen LogP contribution in [0.3, 0.4) is 0 Å². The van der Waals surface area contributed by atoms with Crippen LogP contribution in [0.4, 0.5) is 0 Å². The fraction of sp³-hybridized carbons (Fsp3) is 0.588. The highest BCUT2D eigenvalue weighted by Gasteiger charge is 2.24. The van der Waals surface area contributed by atoms with Gasteiger partial charge < -0.3 is 5.32 Å². The molecule has 2 atom stereocenters. The molecule has 1 aliphatic rings. The van der Waals surface area contributed by atoms with Gasteiger partial charge in [-0.15, -0.1) is 0 Å². The number of nitrogens with zero attached hydrogens (tertiary/aromatic N) is 1. The third-order valence-corrected chi connectivity index (χ3v) is 4.15. The van der Waals surface area contributed by atoms with Gasteiger partial charge in [0.2, 0.25) is 0 Å². The molecule has 2 rings (SSSR count). The van der Waals surface area contributed by atoms with Crippen LogP contribution in [0.25, 0.3) is 0 Å². The van der Waals surface area contributed by atoms with Gasteiger partial charge in [0.05, 0.1) is 12.0 Å². The maximum Gasteiger partial charge on any atom is 0.0672 e. The molecule has 0 bridgehead atoms. The van der Waals surface area contributed by atoms with Gasteiger partial charge in [-0.3, -0.25) is 0 Å². The van der Waals surface area contributed by atoms with Crippen LogP contribution in [-0.4, -0.2) is 6.04 Å². The summed E-state index contributed by atoms with van der Waals surface area (Å²) in [6, 6.07) is 11.7. The zero-order valence-electron chi connectivity index (χ0n) is 12.0. The zero-order chi connectivity index (χ0) is 13.7. The van der Waals surface area contributed by atoms with Crippen molar-refractivity contribution in [1.82, 2.24) is 5.32 Å². The third kappa shape index (κ3) is 3.81. The second-order valence-electron chi connectivity index (χ2n) is 5.90. The predicted molar refractivity (Wildman–Crippen MR) is 78.7 cm³/mol.